The fraction of sp³-hybridized carbons (Fsp3) is 0.300. The van der Waals surface area contributed by atoms with Gasteiger partial charge in [0.05, 0.1) is 4.47 Å². The largest absolute Gasteiger partial charge is 0.506 e. The van der Waals surface area contributed by atoms with E-state index < -0.39 is 24.7 Å². The molecule has 0 saturated carbocycles. The fourth-order valence-electron chi connectivity index (χ4n) is 1.62. The second-order valence-electron chi connectivity index (χ2n) is 3.74. The van der Waals surface area contributed by atoms with Crippen LogP contribution in [0, 0.1) is 0 Å². The summed E-state index contributed by atoms with van der Waals surface area (Å²) in [5.41, 5.74) is -0.0853. The van der Waals surface area contributed by atoms with Gasteiger partial charge in [0.25, 0.3) is 0 Å². The van der Waals surface area contributed by atoms with Crippen molar-refractivity contribution in [3.8, 4) is 5.75 Å². The van der Waals surface area contributed by atoms with E-state index in [-0.39, 0.29) is 28.2 Å². The molecule has 1 atom stereocenters. The highest BCUT2D eigenvalue weighted by atomic mass is 79.9. The molecule has 1 fully saturated rings. The molecular weight excluding hydrogens is 415 g/mol. The molecule has 1 aliphatic rings. The molecule has 1 saturated heterocycles. The topological polar surface area (TPSA) is 58.6 Å². The van der Waals surface area contributed by atoms with Gasteiger partial charge in [0, 0.05) is 10.0 Å². The molecule has 0 unspecified atom stereocenters. The number of halogens is 5. The second kappa shape index (κ2) is 5.80. The van der Waals surface area contributed by atoms with E-state index in [4.69, 9.17) is 0 Å². The SMILES string of the molecule is Cl.O=C1N[C@@H](c2cc(Br)cc(Br)c2O)C(F)(F)CO1. The number of benzene rings is 1. The number of nitrogens with one attached hydrogen (secondary N) is 1. The Balaban J connectivity index is 0.00000180. The van der Waals surface area contributed by atoms with Crippen molar-refractivity contribution in [2.24, 2.45) is 0 Å². The van der Waals surface area contributed by atoms with Crippen molar-refractivity contribution in [2.75, 3.05) is 6.61 Å². The summed E-state index contributed by atoms with van der Waals surface area (Å²) in [6.07, 6.45) is -0.943. The lowest BCUT2D eigenvalue weighted by molar-refractivity contribution is -0.104. The number of cyclic esters (lactones) is 1. The van der Waals surface area contributed by atoms with Crippen molar-refractivity contribution in [1.82, 2.24) is 5.32 Å². The van der Waals surface area contributed by atoms with E-state index in [1.165, 1.54) is 12.1 Å². The molecule has 0 aromatic heterocycles. The molecule has 2 N–H and O–H groups in total. The number of carbonyl (C=O) groups is 1. The minimum absolute atomic E-state index is 0. The number of phenolic OH excluding ortho intramolecular Hbond substituents is 1. The number of amides is 1. The number of aromatic hydroxyl groups is 1. The Labute approximate surface area is 130 Å². The van der Waals surface area contributed by atoms with Crippen LogP contribution in [0.1, 0.15) is 11.6 Å². The molecule has 1 aromatic carbocycles. The van der Waals surface area contributed by atoms with E-state index >= 15 is 0 Å². The van der Waals surface area contributed by atoms with Crippen molar-refractivity contribution in [2.45, 2.75) is 12.0 Å². The maximum absolute atomic E-state index is 13.7. The average Bonchev–Trinajstić information content (AvgIpc) is 2.27. The van der Waals surface area contributed by atoms with Crippen LogP contribution in [0.15, 0.2) is 21.1 Å². The number of alkyl carbamates (subject to hydrolysis) is 1. The van der Waals surface area contributed by atoms with Crippen LogP contribution in [-0.2, 0) is 4.74 Å². The zero-order chi connectivity index (χ0) is 13.5. The van der Waals surface area contributed by atoms with Gasteiger partial charge < -0.3 is 15.2 Å². The van der Waals surface area contributed by atoms with Crippen LogP contribution in [-0.4, -0.2) is 23.7 Å². The van der Waals surface area contributed by atoms with Crippen molar-refractivity contribution < 1.29 is 23.4 Å². The third kappa shape index (κ3) is 3.29. The van der Waals surface area contributed by atoms with Gasteiger partial charge in [-0.05, 0) is 28.1 Å². The van der Waals surface area contributed by atoms with Gasteiger partial charge in [-0.1, -0.05) is 15.9 Å². The van der Waals surface area contributed by atoms with Crippen LogP contribution in [0.4, 0.5) is 13.6 Å². The Hall–Kier alpha value is -0.600. The molecule has 2 rings (SSSR count). The number of ether oxygens (including phenoxy) is 1. The van der Waals surface area contributed by atoms with Crippen LogP contribution in [0.3, 0.4) is 0 Å². The lowest BCUT2D eigenvalue weighted by Gasteiger charge is -2.32. The summed E-state index contributed by atoms with van der Waals surface area (Å²) in [7, 11) is 0. The van der Waals surface area contributed by atoms with Gasteiger partial charge in [-0.25, -0.2) is 13.6 Å². The quantitative estimate of drug-likeness (QED) is 0.723. The molecule has 0 radical (unpaired) electrons. The first-order chi connectivity index (χ1) is 8.31. The maximum Gasteiger partial charge on any atom is 0.408 e. The predicted molar refractivity (Wildman–Crippen MR) is 72.9 cm³/mol. The van der Waals surface area contributed by atoms with Crippen LogP contribution < -0.4 is 5.32 Å². The van der Waals surface area contributed by atoms with E-state index in [0.29, 0.717) is 4.47 Å². The van der Waals surface area contributed by atoms with Gasteiger partial charge in [0.15, 0.2) is 6.61 Å². The van der Waals surface area contributed by atoms with Crippen molar-refractivity contribution >= 4 is 50.4 Å². The molecule has 1 heterocycles. The minimum Gasteiger partial charge on any atom is -0.506 e. The summed E-state index contributed by atoms with van der Waals surface area (Å²) in [6.45, 7) is -1.02. The molecule has 1 amide bonds. The number of rotatable bonds is 1. The van der Waals surface area contributed by atoms with Gasteiger partial charge in [-0.2, -0.15) is 0 Å². The Morgan fingerprint density at radius 3 is 2.68 bits per heavy atom. The molecule has 4 nitrogen and oxygen atoms in total. The molecule has 1 aliphatic heterocycles. The summed E-state index contributed by atoms with van der Waals surface area (Å²) >= 11 is 6.18. The third-order valence-electron chi connectivity index (χ3n) is 2.45. The van der Waals surface area contributed by atoms with Crippen LogP contribution in [0.5, 0.6) is 5.75 Å². The summed E-state index contributed by atoms with van der Waals surface area (Å²) < 4.78 is 32.4. The highest BCUT2D eigenvalue weighted by Crippen LogP contribution is 2.42. The first-order valence-electron chi connectivity index (χ1n) is 4.80. The number of alkyl halides is 2. The maximum atomic E-state index is 13.7. The van der Waals surface area contributed by atoms with Crippen LogP contribution in [0.2, 0.25) is 0 Å². The predicted octanol–water partition coefficient (Wildman–Crippen LogP) is 3.76. The highest BCUT2D eigenvalue weighted by Gasteiger charge is 2.48. The van der Waals surface area contributed by atoms with Crippen molar-refractivity contribution in [1.29, 1.82) is 0 Å². The Bertz CT molecular complexity index is 516. The van der Waals surface area contributed by atoms with Crippen molar-refractivity contribution in [3.63, 3.8) is 0 Å². The van der Waals surface area contributed by atoms with Crippen molar-refractivity contribution in [3.05, 3.63) is 26.6 Å². The number of hydrogen-bond donors (Lipinski definition) is 2. The minimum atomic E-state index is -3.30. The molecule has 0 bridgehead atoms. The zero-order valence-corrected chi connectivity index (χ0v) is 13.1. The zero-order valence-electron chi connectivity index (χ0n) is 9.12. The summed E-state index contributed by atoms with van der Waals surface area (Å²) in [4.78, 5) is 11.0. The van der Waals surface area contributed by atoms with E-state index in [2.05, 4.69) is 36.6 Å². The van der Waals surface area contributed by atoms with Gasteiger partial charge in [0.1, 0.15) is 11.8 Å². The number of hydrogen-bond acceptors (Lipinski definition) is 3. The average molecular weight is 423 g/mol. The lowest BCUT2D eigenvalue weighted by atomic mass is 9.99. The molecule has 0 spiro atoms. The Morgan fingerprint density at radius 1 is 1.42 bits per heavy atom. The lowest BCUT2D eigenvalue weighted by Crippen LogP contribution is -2.49. The van der Waals surface area contributed by atoms with Gasteiger partial charge in [-0.3, -0.25) is 0 Å². The summed E-state index contributed by atoms with van der Waals surface area (Å²) in [6, 6.07) is 1.20. The first kappa shape index (κ1) is 16.5. The van der Waals surface area contributed by atoms with E-state index in [1.807, 2.05) is 5.32 Å². The monoisotopic (exact) mass is 421 g/mol. The van der Waals surface area contributed by atoms with Gasteiger partial charge in [-0.15, -0.1) is 12.4 Å². The number of carbonyl (C=O) groups excluding carboxylic acids is 1. The van der Waals surface area contributed by atoms with Crippen LogP contribution in [0.25, 0.3) is 0 Å². The second-order valence-corrected chi connectivity index (χ2v) is 5.51. The number of phenols is 1. The Morgan fingerprint density at radius 2 is 2.05 bits per heavy atom. The molecule has 106 valence electrons. The molecule has 19 heavy (non-hydrogen) atoms. The van der Waals surface area contributed by atoms with Gasteiger partial charge >= 0.3 is 12.0 Å². The smallest absolute Gasteiger partial charge is 0.408 e. The summed E-state index contributed by atoms with van der Waals surface area (Å²) in [5, 5.41) is 11.8. The fourth-order valence-corrected chi connectivity index (χ4v) is 2.88. The molecule has 0 aliphatic carbocycles. The van der Waals surface area contributed by atoms with Gasteiger partial charge in [0.2, 0.25) is 0 Å². The van der Waals surface area contributed by atoms with E-state index in [0.717, 1.165) is 0 Å². The molecular formula is C10H8Br2ClF2NO3. The molecule has 1 aromatic rings. The van der Waals surface area contributed by atoms with E-state index in [9.17, 15) is 18.7 Å². The first-order valence-corrected chi connectivity index (χ1v) is 6.39. The molecule has 9 heteroatoms. The normalized spacial score (nSPS) is 21.1. The Kier molecular flexibility index (Phi) is 5.02. The van der Waals surface area contributed by atoms with Crippen LogP contribution >= 0.6 is 44.3 Å². The standard InChI is InChI=1S/C10H7Br2F2NO3.ClH/c11-4-1-5(7(16)6(12)2-4)8-10(13,14)3-18-9(17)15-8;/h1-2,8,16H,3H2,(H,15,17);1H/t8-;/m0./s1. The third-order valence-corrected chi connectivity index (χ3v) is 3.51. The van der Waals surface area contributed by atoms with E-state index in [1.54, 1.807) is 0 Å². The highest BCUT2D eigenvalue weighted by molar-refractivity contribution is 9.11. The summed E-state index contributed by atoms with van der Waals surface area (Å²) in [5.74, 6) is -3.64.